The van der Waals surface area contributed by atoms with Gasteiger partial charge in [0.25, 0.3) is 0 Å². The number of hydrogen-bond donors (Lipinski definition) is 13. The van der Waals surface area contributed by atoms with E-state index in [1.165, 1.54) is 148 Å². The molecule has 0 aromatic rings. The summed E-state index contributed by atoms with van der Waals surface area (Å²) in [6.45, 7) is 2.60. The van der Waals surface area contributed by atoms with Gasteiger partial charge in [-0.05, 0) is 12.8 Å². The van der Waals surface area contributed by atoms with Crippen molar-refractivity contribution >= 4 is 13.7 Å². The highest BCUT2D eigenvalue weighted by Crippen LogP contribution is 2.48. The molecule has 20 heteroatoms. The van der Waals surface area contributed by atoms with Crippen LogP contribution in [0.5, 0.6) is 0 Å². The summed E-state index contributed by atoms with van der Waals surface area (Å²) < 4.78 is 34.8. The van der Waals surface area contributed by atoms with Crippen LogP contribution in [-0.2, 0) is 27.9 Å². The van der Waals surface area contributed by atoms with Crippen LogP contribution < -0.4 is 5.32 Å². The Bertz CT molecular complexity index is 1460. The first kappa shape index (κ1) is 71.2. The minimum atomic E-state index is -5.49. The van der Waals surface area contributed by atoms with Crippen molar-refractivity contribution in [3.8, 4) is 0 Å². The maximum absolute atomic E-state index is 13.6. The van der Waals surface area contributed by atoms with Crippen LogP contribution in [0.2, 0.25) is 0 Å². The van der Waals surface area contributed by atoms with Crippen LogP contribution in [0.25, 0.3) is 0 Å². The third-order valence-corrected chi connectivity index (χ3v) is 16.5. The summed E-state index contributed by atoms with van der Waals surface area (Å²) >= 11 is 0. The first-order valence-electron chi connectivity index (χ1n) is 30.2. The molecule has 2 aliphatic rings. The van der Waals surface area contributed by atoms with Crippen molar-refractivity contribution in [3.05, 3.63) is 0 Å². The zero-order valence-corrected chi connectivity index (χ0v) is 47.7. The molecule has 1 aliphatic heterocycles. The van der Waals surface area contributed by atoms with E-state index in [9.17, 15) is 70.4 Å². The van der Waals surface area contributed by atoms with E-state index in [2.05, 4.69) is 19.2 Å². The molecule has 1 saturated carbocycles. The van der Waals surface area contributed by atoms with Crippen LogP contribution >= 0.6 is 7.82 Å². The van der Waals surface area contributed by atoms with E-state index >= 15 is 0 Å². The smallest absolute Gasteiger partial charge is 0.394 e. The van der Waals surface area contributed by atoms with E-state index in [4.69, 9.17) is 18.5 Å². The van der Waals surface area contributed by atoms with E-state index < -0.39 is 119 Å². The molecule has 19 nitrogen and oxygen atoms in total. The quantitative estimate of drug-likeness (QED) is 0.0220. The summed E-state index contributed by atoms with van der Waals surface area (Å²) in [5.41, 5.74) is 0. The van der Waals surface area contributed by atoms with Crippen molar-refractivity contribution < 1.29 is 88.9 Å². The summed E-state index contributed by atoms with van der Waals surface area (Å²) in [4.78, 5) is 24.3. The molecule has 1 aliphatic carbocycles. The van der Waals surface area contributed by atoms with E-state index in [0.29, 0.717) is 12.8 Å². The second kappa shape index (κ2) is 42.8. The Kier molecular flexibility index (Phi) is 40.1. The largest absolute Gasteiger partial charge is 0.472 e. The second-order valence-electron chi connectivity index (χ2n) is 22.2. The van der Waals surface area contributed by atoms with Gasteiger partial charge >= 0.3 is 7.82 Å². The molecular formula is C56H110NO18P. The predicted molar refractivity (Wildman–Crippen MR) is 291 cm³/mol. The lowest BCUT2D eigenvalue weighted by molar-refractivity contribution is -0.338. The maximum atomic E-state index is 13.6. The van der Waals surface area contributed by atoms with Gasteiger partial charge in [-0.15, -0.1) is 0 Å². The third-order valence-electron chi connectivity index (χ3n) is 15.5. The van der Waals surface area contributed by atoms with E-state index in [1.54, 1.807) is 0 Å². The van der Waals surface area contributed by atoms with Crippen molar-refractivity contribution in [1.29, 1.82) is 0 Å². The Morgan fingerprint density at radius 3 is 1.25 bits per heavy atom. The van der Waals surface area contributed by atoms with Crippen molar-refractivity contribution in [3.63, 3.8) is 0 Å². The van der Waals surface area contributed by atoms with Crippen molar-refractivity contribution in [2.24, 2.45) is 0 Å². The molecular weight excluding hydrogens is 1010 g/mol. The molecule has 0 radical (unpaired) electrons. The van der Waals surface area contributed by atoms with Crippen molar-refractivity contribution in [2.45, 2.75) is 337 Å². The SMILES string of the molecule is CCCCCCCCCCCCCCCCCCCCCCCC[C@H](O)C(=O)N[C@@H](COP(=O)(O)O[C@@H]1[C@H](O)[C@H](O)[C@@H](O)[C@H](O)[C@H]1O[C@@H]1O[C@H](CO)[C@@H](O)[C@H](O)[C@@H]1O)[C@H](O)[C@H](O)CCCCCCCCCCCCCC. The summed E-state index contributed by atoms with van der Waals surface area (Å²) in [6, 6.07) is -1.58. The van der Waals surface area contributed by atoms with Crippen molar-refractivity contribution in [1.82, 2.24) is 5.32 Å². The third kappa shape index (κ3) is 29.2. The Morgan fingerprint density at radius 1 is 0.500 bits per heavy atom. The molecule has 0 bridgehead atoms. The Balaban J connectivity index is 1.90. The van der Waals surface area contributed by atoms with Gasteiger partial charge in [0.15, 0.2) is 6.29 Å². The number of carbonyl (C=O) groups is 1. The van der Waals surface area contributed by atoms with Crippen LogP contribution in [0.4, 0.5) is 0 Å². The minimum absolute atomic E-state index is 0.101. The number of phosphoric acid groups is 1. The van der Waals surface area contributed by atoms with Crippen LogP contribution in [0.3, 0.4) is 0 Å². The summed E-state index contributed by atoms with van der Waals surface area (Å²) in [6.07, 6.45) is 13.1. The lowest BCUT2D eigenvalue weighted by Crippen LogP contribution is -2.67. The van der Waals surface area contributed by atoms with Gasteiger partial charge in [0.1, 0.15) is 73.2 Å². The van der Waals surface area contributed by atoms with Gasteiger partial charge in [-0.3, -0.25) is 13.8 Å². The second-order valence-corrected chi connectivity index (χ2v) is 23.6. The fraction of sp³-hybridized carbons (Fsp3) is 0.982. The first-order valence-corrected chi connectivity index (χ1v) is 31.7. The lowest BCUT2D eigenvalue weighted by Gasteiger charge is -2.47. The zero-order chi connectivity index (χ0) is 56.1. The molecule has 2 rings (SSSR count). The van der Waals surface area contributed by atoms with Crippen LogP contribution in [0.1, 0.15) is 245 Å². The van der Waals surface area contributed by atoms with Crippen LogP contribution in [0, 0.1) is 0 Å². The molecule has 1 saturated heterocycles. The summed E-state index contributed by atoms with van der Waals surface area (Å²) in [5.74, 6) is -0.918. The standard InChI is InChI=1S/C56H110NO18P/c1-3-5-7-9-11-13-15-17-18-19-20-21-22-23-24-25-26-28-30-32-34-36-38-43(60)55(69)57-41(45(61)42(59)37-35-33-31-29-27-16-14-12-10-8-6-4-2)40-72-76(70,71)75-54-51(67)49(65)48(64)50(66)53(54)74-56-52(68)47(63)46(62)44(39-58)73-56/h41-54,56,58-68H,3-40H2,1-2H3,(H,57,69)(H,70,71)/t41-,42+,43-,44+,45-,46+,47-,48+,49+,50-,51+,52-,53+,54+,56-/m0/s1. The van der Waals surface area contributed by atoms with Gasteiger partial charge in [-0.1, -0.05) is 232 Å². The highest BCUT2D eigenvalue weighted by atomic mass is 31.2. The van der Waals surface area contributed by atoms with E-state index in [0.717, 1.165) is 57.8 Å². The number of unbranched alkanes of at least 4 members (excludes halogenated alkanes) is 32. The van der Waals surface area contributed by atoms with Gasteiger partial charge in [-0.25, -0.2) is 4.57 Å². The number of phosphoric ester groups is 1. The highest BCUT2D eigenvalue weighted by Gasteiger charge is 2.55. The van der Waals surface area contributed by atoms with Gasteiger partial charge in [0, 0.05) is 0 Å². The Hall–Kier alpha value is -0.940. The summed E-state index contributed by atoms with van der Waals surface area (Å²) in [5, 5.41) is 119. The maximum Gasteiger partial charge on any atom is 0.472 e. The molecule has 76 heavy (non-hydrogen) atoms. The molecule has 13 N–H and O–H groups in total. The molecule has 16 atom stereocenters. The average molecular weight is 1120 g/mol. The molecule has 2 fully saturated rings. The fourth-order valence-corrected chi connectivity index (χ4v) is 11.3. The lowest BCUT2D eigenvalue weighted by atomic mass is 9.84. The molecule has 1 amide bonds. The predicted octanol–water partition coefficient (Wildman–Crippen LogP) is 6.78. The number of hydrogen-bond acceptors (Lipinski definition) is 17. The molecule has 1 heterocycles. The van der Waals surface area contributed by atoms with E-state index in [-0.39, 0.29) is 12.8 Å². The fourth-order valence-electron chi connectivity index (χ4n) is 10.4. The number of rotatable bonds is 48. The van der Waals surface area contributed by atoms with Crippen LogP contribution in [-0.4, -0.2) is 172 Å². The van der Waals surface area contributed by atoms with Gasteiger partial charge < -0.3 is 75.9 Å². The average Bonchev–Trinajstić information content (AvgIpc) is 3.40. The van der Waals surface area contributed by atoms with Gasteiger partial charge in [0.2, 0.25) is 5.91 Å². The number of aliphatic hydroxyl groups is 11. The minimum Gasteiger partial charge on any atom is -0.394 e. The molecule has 0 spiro atoms. The molecule has 0 aromatic heterocycles. The van der Waals surface area contributed by atoms with Gasteiger partial charge in [0.05, 0.1) is 25.4 Å². The zero-order valence-electron chi connectivity index (χ0n) is 46.8. The molecule has 0 aromatic carbocycles. The normalized spacial score (nSPS) is 27.5. The number of carbonyl (C=O) groups excluding carboxylic acids is 1. The Morgan fingerprint density at radius 2 is 0.855 bits per heavy atom. The number of aliphatic hydroxyl groups excluding tert-OH is 11. The number of nitrogens with one attached hydrogen (secondary N) is 1. The van der Waals surface area contributed by atoms with Crippen molar-refractivity contribution in [2.75, 3.05) is 13.2 Å². The molecule has 452 valence electrons. The Labute approximate surface area is 456 Å². The first-order chi connectivity index (χ1) is 36.5. The highest BCUT2D eigenvalue weighted by molar-refractivity contribution is 7.47. The monoisotopic (exact) mass is 1120 g/mol. The van der Waals surface area contributed by atoms with Gasteiger partial charge in [-0.2, -0.15) is 0 Å². The number of ether oxygens (including phenoxy) is 2. The number of amides is 1. The topological polar surface area (TPSA) is 326 Å². The molecule has 1 unspecified atom stereocenters. The van der Waals surface area contributed by atoms with E-state index in [1.807, 2.05) is 0 Å². The summed E-state index contributed by atoms with van der Waals surface area (Å²) in [7, 11) is -5.49. The van der Waals surface area contributed by atoms with Crippen LogP contribution in [0.15, 0.2) is 0 Å².